The highest BCUT2D eigenvalue weighted by Gasteiger charge is 2.06. The van der Waals surface area contributed by atoms with Crippen LogP contribution in [0.2, 0.25) is 0 Å². The summed E-state index contributed by atoms with van der Waals surface area (Å²) < 4.78 is 1.36. The van der Waals surface area contributed by atoms with E-state index in [2.05, 4.69) is 58.5 Å². The number of thiophene rings is 1. The van der Waals surface area contributed by atoms with Gasteiger partial charge in [-0.25, -0.2) is 0 Å². The Morgan fingerprint density at radius 1 is 1.25 bits per heavy atom. The van der Waals surface area contributed by atoms with Gasteiger partial charge in [-0.1, -0.05) is 45.0 Å². The highest BCUT2D eigenvalue weighted by atomic mass is 32.1. The molecule has 0 aliphatic rings. The van der Waals surface area contributed by atoms with Crippen molar-refractivity contribution in [3.63, 3.8) is 0 Å². The Labute approximate surface area is 103 Å². The van der Waals surface area contributed by atoms with Gasteiger partial charge >= 0.3 is 0 Å². The third-order valence-corrected chi connectivity index (χ3v) is 3.67. The van der Waals surface area contributed by atoms with Crippen LogP contribution in [0.4, 0.5) is 0 Å². The third kappa shape index (κ3) is 2.73. The molecule has 0 amide bonds. The molecule has 0 aliphatic heterocycles. The van der Waals surface area contributed by atoms with E-state index < -0.39 is 0 Å². The second-order valence-electron chi connectivity index (χ2n) is 4.04. The molecule has 0 saturated heterocycles. The van der Waals surface area contributed by atoms with Gasteiger partial charge in [0.1, 0.15) is 0 Å². The molecule has 1 heterocycles. The van der Waals surface area contributed by atoms with E-state index in [0.717, 1.165) is 0 Å². The summed E-state index contributed by atoms with van der Waals surface area (Å²) in [6.45, 7) is 12.5. The first-order valence-electron chi connectivity index (χ1n) is 5.75. The van der Waals surface area contributed by atoms with Gasteiger partial charge in [0.2, 0.25) is 0 Å². The molecule has 0 fully saturated rings. The van der Waals surface area contributed by atoms with E-state index in [-0.39, 0.29) is 0 Å². The number of hydrogen-bond donors (Lipinski definition) is 0. The van der Waals surface area contributed by atoms with Crippen LogP contribution in [0.1, 0.15) is 37.6 Å². The van der Waals surface area contributed by atoms with Crippen molar-refractivity contribution in [2.75, 3.05) is 0 Å². The Bertz CT molecular complexity index is 477. The molecule has 0 unspecified atom stereocenters. The fourth-order valence-electron chi connectivity index (χ4n) is 1.58. The van der Waals surface area contributed by atoms with Crippen LogP contribution in [0.25, 0.3) is 15.7 Å². The lowest BCUT2D eigenvalue weighted by molar-refractivity contribution is 1.09. The molecule has 2 aromatic rings. The van der Waals surface area contributed by atoms with E-state index >= 15 is 0 Å². The fraction of sp³-hybridized carbons (Fsp3) is 0.333. The monoisotopic (exact) mass is 232 g/mol. The van der Waals surface area contributed by atoms with Crippen LogP contribution in [-0.4, -0.2) is 0 Å². The maximum absolute atomic E-state index is 3.99. The Morgan fingerprint density at radius 3 is 2.31 bits per heavy atom. The first-order valence-corrected chi connectivity index (χ1v) is 6.57. The molecule has 1 aromatic heterocycles. The molecule has 0 bridgehead atoms. The zero-order chi connectivity index (χ0) is 12.1. The maximum atomic E-state index is 3.99. The molecule has 1 aromatic carbocycles. The third-order valence-electron chi connectivity index (χ3n) is 2.23. The fourth-order valence-corrected chi connectivity index (χ4v) is 2.72. The van der Waals surface area contributed by atoms with E-state index in [1.807, 2.05) is 11.3 Å². The number of allylic oxidation sites excluding steroid dienone is 1. The lowest BCUT2D eigenvalue weighted by Gasteiger charge is -1.94. The van der Waals surface area contributed by atoms with Gasteiger partial charge < -0.3 is 0 Å². The number of hydrogen-bond acceptors (Lipinski definition) is 1. The van der Waals surface area contributed by atoms with E-state index in [9.17, 15) is 0 Å². The molecule has 1 heteroatoms. The predicted molar refractivity (Wildman–Crippen MR) is 77.2 cm³/mol. The van der Waals surface area contributed by atoms with E-state index in [1.165, 1.54) is 32.5 Å². The normalized spacial score (nSPS) is 9.75. The van der Waals surface area contributed by atoms with Crippen LogP contribution in [0.15, 0.2) is 30.8 Å². The average molecular weight is 232 g/mol. The number of aryl methyl sites for hydroxylation is 1. The Morgan fingerprint density at radius 2 is 1.81 bits per heavy atom. The SMILES string of the molecule is C=C(C)c1sc2ccccc2c1C.CCC. The molecule has 0 aliphatic carbocycles. The second kappa shape index (κ2) is 5.86. The van der Waals surface area contributed by atoms with Gasteiger partial charge in [0.25, 0.3) is 0 Å². The summed E-state index contributed by atoms with van der Waals surface area (Å²) >= 11 is 1.83. The lowest BCUT2D eigenvalue weighted by Crippen LogP contribution is -1.74. The highest BCUT2D eigenvalue weighted by Crippen LogP contribution is 2.34. The Hall–Kier alpha value is -1.08. The lowest BCUT2D eigenvalue weighted by atomic mass is 10.1. The molecule has 0 atom stereocenters. The summed E-state index contributed by atoms with van der Waals surface area (Å²) in [6, 6.07) is 8.51. The molecule has 0 spiro atoms. The van der Waals surface area contributed by atoms with Crippen LogP contribution in [0.3, 0.4) is 0 Å². The summed E-state index contributed by atoms with van der Waals surface area (Å²) in [7, 11) is 0. The molecule has 0 saturated carbocycles. The van der Waals surface area contributed by atoms with Gasteiger partial charge in [-0.05, 0) is 36.4 Å². The topological polar surface area (TPSA) is 0 Å². The van der Waals surface area contributed by atoms with Gasteiger partial charge in [-0.15, -0.1) is 11.3 Å². The number of benzene rings is 1. The van der Waals surface area contributed by atoms with Crippen molar-refractivity contribution in [1.29, 1.82) is 0 Å². The van der Waals surface area contributed by atoms with Crippen molar-refractivity contribution < 1.29 is 0 Å². The zero-order valence-electron chi connectivity index (χ0n) is 10.6. The molecule has 16 heavy (non-hydrogen) atoms. The first kappa shape index (κ1) is 13.0. The summed E-state index contributed by atoms with van der Waals surface area (Å²) in [6.07, 6.45) is 1.25. The smallest absolute Gasteiger partial charge is 0.0352 e. The van der Waals surface area contributed by atoms with Gasteiger partial charge in [-0.3, -0.25) is 0 Å². The van der Waals surface area contributed by atoms with Crippen molar-refractivity contribution >= 4 is 27.0 Å². The number of fused-ring (bicyclic) bond motifs is 1. The minimum absolute atomic E-state index is 1.17. The summed E-state index contributed by atoms with van der Waals surface area (Å²) in [5.41, 5.74) is 2.53. The molecule has 0 nitrogen and oxygen atoms in total. The van der Waals surface area contributed by atoms with E-state index in [1.54, 1.807) is 0 Å². The zero-order valence-corrected chi connectivity index (χ0v) is 11.4. The van der Waals surface area contributed by atoms with Crippen molar-refractivity contribution in [1.82, 2.24) is 0 Å². The van der Waals surface area contributed by atoms with Crippen molar-refractivity contribution in [3.05, 3.63) is 41.3 Å². The quantitative estimate of drug-likeness (QED) is 0.595. The molecule has 0 N–H and O–H groups in total. The highest BCUT2D eigenvalue weighted by molar-refractivity contribution is 7.20. The minimum atomic E-state index is 1.17. The Balaban J connectivity index is 0.000000386. The number of rotatable bonds is 1. The average Bonchev–Trinajstić information content (AvgIpc) is 2.58. The van der Waals surface area contributed by atoms with Crippen LogP contribution >= 0.6 is 11.3 Å². The molecule has 2 rings (SSSR count). The van der Waals surface area contributed by atoms with Gasteiger partial charge in [0, 0.05) is 9.58 Å². The maximum Gasteiger partial charge on any atom is 0.0352 e. The van der Waals surface area contributed by atoms with E-state index in [0.29, 0.717) is 0 Å². The summed E-state index contributed by atoms with van der Waals surface area (Å²) in [4.78, 5) is 1.33. The molecular weight excluding hydrogens is 212 g/mol. The summed E-state index contributed by atoms with van der Waals surface area (Å²) in [5.74, 6) is 0. The van der Waals surface area contributed by atoms with Crippen molar-refractivity contribution in [2.24, 2.45) is 0 Å². The van der Waals surface area contributed by atoms with Crippen LogP contribution in [0, 0.1) is 6.92 Å². The van der Waals surface area contributed by atoms with Gasteiger partial charge in [-0.2, -0.15) is 0 Å². The van der Waals surface area contributed by atoms with Crippen molar-refractivity contribution in [3.8, 4) is 0 Å². The van der Waals surface area contributed by atoms with Crippen molar-refractivity contribution in [2.45, 2.75) is 34.1 Å². The molecule has 86 valence electrons. The van der Waals surface area contributed by atoms with E-state index in [4.69, 9.17) is 0 Å². The largest absolute Gasteiger partial charge is 0.135 e. The minimum Gasteiger partial charge on any atom is -0.135 e. The van der Waals surface area contributed by atoms with Gasteiger partial charge in [0.15, 0.2) is 0 Å². The predicted octanol–water partition coefficient (Wildman–Crippen LogP) is 5.66. The second-order valence-corrected chi connectivity index (χ2v) is 5.09. The van der Waals surface area contributed by atoms with Crippen LogP contribution < -0.4 is 0 Å². The van der Waals surface area contributed by atoms with Crippen LogP contribution in [-0.2, 0) is 0 Å². The van der Waals surface area contributed by atoms with Gasteiger partial charge in [0.05, 0.1) is 0 Å². The summed E-state index contributed by atoms with van der Waals surface area (Å²) in [5, 5.41) is 1.37. The Kier molecular flexibility index (Phi) is 4.75. The molecule has 0 radical (unpaired) electrons. The standard InChI is InChI=1S/C12H12S.C3H8/c1-8(2)12-9(3)10-6-4-5-7-11(10)13-12;1-3-2/h4-7H,1H2,2-3H3;3H2,1-2H3. The molecular formula is C15H20S. The van der Waals surface area contributed by atoms with Crippen LogP contribution in [0.5, 0.6) is 0 Å². The first-order chi connectivity index (χ1) is 7.61.